The van der Waals surface area contributed by atoms with E-state index in [1.807, 2.05) is 29.9 Å². The third-order valence-electron chi connectivity index (χ3n) is 3.59. The van der Waals surface area contributed by atoms with Crippen LogP contribution in [0.3, 0.4) is 0 Å². The van der Waals surface area contributed by atoms with E-state index in [0.29, 0.717) is 10.7 Å². The number of hydrogen-bond acceptors (Lipinski definition) is 4. The Hall–Kier alpha value is -2.51. The zero-order valence-corrected chi connectivity index (χ0v) is 14.8. The number of anilines is 1. The van der Waals surface area contributed by atoms with Crippen LogP contribution in [0.25, 0.3) is 6.08 Å². The maximum Gasteiger partial charge on any atom is 0.294 e. The van der Waals surface area contributed by atoms with Crippen molar-refractivity contribution in [2.24, 2.45) is 7.05 Å². The molecule has 3 amide bonds. The van der Waals surface area contributed by atoms with E-state index in [1.54, 1.807) is 30.3 Å². The zero-order valence-electron chi connectivity index (χ0n) is 13.2. The van der Waals surface area contributed by atoms with Gasteiger partial charge in [0.05, 0.1) is 15.6 Å². The molecule has 0 atom stereocenters. The Morgan fingerprint density at radius 2 is 2.00 bits per heavy atom. The molecule has 0 aliphatic carbocycles. The minimum Gasteiger partial charge on any atom is -0.351 e. The Morgan fingerprint density at radius 1 is 1.24 bits per heavy atom. The fourth-order valence-corrected chi connectivity index (χ4v) is 3.30. The normalized spacial score (nSPS) is 15.9. The molecule has 3 rings (SSSR count). The highest BCUT2D eigenvalue weighted by molar-refractivity contribution is 8.18. The smallest absolute Gasteiger partial charge is 0.294 e. The molecule has 128 valence electrons. The minimum atomic E-state index is -0.490. The molecule has 0 radical (unpaired) electrons. The third-order valence-corrected chi connectivity index (χ3v) is 4.82. The number of carbonyl (C=O) groups excluding carboxylic acids is 3. The van der Waals surface area contributed by atoms with Crippen molar-refractivity contribution in [2.75, 3.05) is 11.9 Å². The molecule has 25 heavy (non-hydrogen) atoms. The Labute approximate surface area is 153 Å². The number of thioether (sulfide) groups is 1. The van der Waals surface area contributed by atoms with Crippen molar-refractivity contribution >= 4 is 52.2 Å². The molecule has 6 nitrogen and oxygen atoms in total. The van der Waals surface area contributed by atoms with Crippen molar-refractivity contribution in [2.45, 2.75) is 0 Å². The van der Waals surface area contributed by atoms with E-state index >= 15 is 0 Å². The fraction of sp³-hybridized carbons (Fsp3) is 0.118. The summed E-state index contributed by atoms with van der Waals surface area (Å²) in [5, 5.41) is 2.51. The number of para-hydroxylation sites is 1. The summed E-state index contributed by atoms with van der Waals surface area (Å²) in [5.74, 6) is -0.971. The van der Waals surface area contributed by atoms with Gasteiger partial charge in [0.1, 0.15) is 6.54 Å². The number of halogens is 1. The number of rotatable bonds is 4. The molecule has 0 saturated carbocycles. The average molecular weight is 376 g/mol. The summed E-state index contributed by atoms with van der Waals surface area (Å²) in [4.78, 5) is 37.8. The predicted molar refractivity (Wildman–Crippen MR) is 98.2 cm³/mol. The van der Waals surface area contributed by atoms with Crippen LogP contribution in [-0.4, -0.2) is 33.1 Å². The van der Waals surface area contributed by atoms with Crippen molar-refractivity contribution in [1.82, 2.24) is 9.47 Å². The van der Waals surface area contributed by atoms with Gasteiger partial charge in [0.2, 0.25) is 5.91 Å². The number of imide groups is 1. The average Bonchev–Trinajstić information content (AvgIpc) is 3.08. The van der Waals surface area contributed by atoms with Crippen LogP contribution < -0.4 is 5.32 Å². The molecule has 8 heteroatoms. The van der Waals surface area contributed by atoms with Gasteiger partial charge in [-0.25, -0.2) is 0 Å². The maximum atomic E-state index is 12.4. The monoisotopic (exact) mass is 375 g/mol. The summed E-state index contributed by atoms with van der Waals surface area (Å²) >= 11 is 6.80. The number of benzene rings is 1. The van der Waals surface area contributed by atoms with E-state index in [-0.39, 0.29) is 11.4 Å². The molecule has 0 spiro atoms. The lowest BCUT2D eigenvalue weighted by molar-refractivity contribution is -0.127. The molecule has 0 unspecified atom stereocenters. The molecule has 0 bridgehead atoms. The fourth-order valence-electron chi connectivity index (χ4n) is 2.29. The number of aryl methyl sites for hydroxylation is 1. The van der Waals surface area contributed by atoms with Crippen molar-refractivity contribution in [3.8, 4) is 0 Å². The molecule has 1 aromatic heterocycles. The van der Waals surface area contributed by atoms with Gasteiger partial charge in [0.25, 0.3) is 11.1 Å². The molecule has 1 N–H and O–H groups in total. The van der Waals surface area contributed by atoms with E-state index in [0.717, 1.165) is 22.4 Å². The van der Waals surface area contributed by atoms with Crippen LogP contribution in [0.1, 0.15) is 5.69 Å². The van der Waals surface area contributed by atoms with Gasteiger partial charge in [-0.2, -0.15) is 0 Å². The van der Waals surface area contributed by atoms with Crippen LogP contribution >= 0.6 is 23.4 Å². The second kappa shape index (κ2) is 7.16. The quantitative estimate of drug-likeness (QED) is 0.832. The summed E-state index contributed by atoms with van der Waals surface area (Å²) in [6.07, 6.45) is 3.48. The lowest BCUT2D eigenvalue weighted by Gasteiger charge is -2.13. The molecular weight excluding hydrogens is 362 g/mol. The number of nitrogens with zero attached hydrogens (tertiary/aromatic N) is 2. The second-order valence-electron chi connectivity index (χ2n) is 5.34. The van der Waals surface area contributed by atoms with Gasteiger partial charge in [0, 0.05) is 18.9 Å². The van der Waals surface area contributed by atoms with Gasteiger partial charge in [-0.3, -0.25) is 19.3 Å². The molecule has 1 saturated heterocycles. The highest BCUT2D eigenvalue weighted by Crippen LogP contribution is 2.32. The summed E-state index contributed by atoms with van der Waals surface area (Å²) < 4.78 is 1.83. The molecule has 2 heterocycles. The van der Waals surface area contributed by atoms with Gasteiger partial charge < -0.3 is 9.88 Å². The lowest BCUT2D eigenvalue weighted by Crippen LogP contribution is -2.36. The molecule has 1 aliphatic heterocycles. The van der Waals surface area contributed by atoms with E-state index in [1.165, 1.54) is 0 Å². The number of hydrogen-bond donors (Lipinski definition) is 1. The van der Waals surface area contributed by atoms with Crippen molar-refractivity contribution in [3.05, 3.63) is 58.2 Å². The van der Waals surface area contributed by atoms with Gasteiger partial charge in [0.15, 0.2) is 0 Å². The summed E-state index contributed by atoms with van der Waals surface area (Å²) in [6.45, 7) is -0.361. The third kappa shape index (κ3) is 3.78. The van der Waals surface area contributed by atoms with E-state index in [2.05, 4.69) is 5.32 Å². The van der Waals surface area contributed by atoms with Crippen LogP contribution in [0.15, 0.2) is 47.5 Å². The van der Waals surface area contributed by atoms with E-state index < -0.39 is 17.1 Å². The Balaban J connectivity index is 1.71. The number of aromatic nitrogens is 1. The number of nitrogens with one attached hydrogen (secondary N) is 1. The minimum absolute atomic E-state index is 0.289. The van der Waals surface area contributed by atoms with Gasteiger partial charge in [-0.1, -0.05) is 23.7 Å². The topological polar surface area (TPSA) is 71.4 Å². The van der Waals surface area contributed by atoms with Gasteiger partial charge >= 0.3 is 0 Å². The highest BCUT2D eigenvalue weighted by Gasteiger charge is 2.36. The first-order chi connectivity index (χ1) is 12.0. The van der Waals surface area contributed by atoms with Crippen LogP contribution in [-0.2, 0) is 16.6 Å². The van der Waals surface area contributed by atoms with Gasteiger partial charge in [-0.15, -0.1) is 0 Å². The lowest BCUT2D eigenvalue weighted by atomic mass is 10.3. The maximum absolute atomic E-state index is 12.4. The summed E-state index contributed by atoms with van der Waals surface area (Å²) in [7, 11) is 1.84. The van der Waals surface area contributed by atoms with E-state index in [9.17, 15) is 14.4 Å². The molecule has 2 aromatic rings. The first-order valence-electron chi connectivity index (χ1n) is 7.37. The van der Waals surface area contributed by atoms with Crippen molar-refractivity contribution < 1.29 is 14.4 Å². The first-order valence-corrected chi connectivity index (χ1v) is 8.56. The SMILES string of the molecule is Cn1cccc1/C=C1\SC(=O)N(CC(=O)Nc2ccccc2Cl)C1=O. The second-order valence-corrected chi connectivity index (χ2v) is 6.74. The summed E-state index contributed by atoms with van der Waals surface area (Å²) in [5.41, 5.74) is 1.23. The highest BCUT2D eigenvalue weighted by atomic mass is 35.5. The first kappa shape index (κ1) is 17.3. The molecule has 1 aromatic carbocycles. The zero-order chi connectivity index (χ0) is 18.0. The Morgan fingerprint density at radius 3 is 2.68 bits per heavy atom. The molecular formula is C17H14ClN3O3S. The number of carbonyl (C=O) groups is 3. The van der Waals surface area contributed by atoms with Crippen molar-refractivity contribution in [3.63, 3.8) is 0 Å². The standard InChI is InChI=1S/C17H14ClN3O3S/c1-20-8-4-5-11(20)9-14-16(23)21(17(24)25-14)10-15(22)19-13-7-3-2-6-12(13)18/h2-9H,10H2,1H3,(H,19,22)/b14-9-. The molecule has 1 aliphatic rings. The molecule has 1 fully saturated rings. The van der Waals surface area contributed by atoms with Gasteiger partial charge in [-0.05, 0) is 42.1 Å². The predicted octanol–water partition coefficient (Wildman–Crippen LogP) is 3.35. The van der Waals surface area contributed by atoms with Crippen LogP contribution in [0, 0.1) is 0 Å². The van der Waals surface area contributed by atoms with Crippen LogP contribution in [0.5, 0.6) is 0 Å². The Kier molecular flexibility index (Phi) is 4.96. The number of amides is 3. The van der Waals surface area contributed by atoms with Crippen molar-refractivity contribution in [1.29, 1.82) is 0 Å². The van der Waals surface area contributed by atoms with Crippen LogP contribution in [0.4, 0.5) is 10.5 Å². The summed E-state index contributed by atoms with van der Waals surface area (Å²) in [6, 6.07) is 10.4. The van der Waals surface area contributed by atoms with Crippen LogP contribution in [0.2, 0.25) is 5.02 Å². The van der Waals surface area contributed by atoms with E-state index in [4.69, 9.17) is 11.6 Å². The Bertz CT molecular complexity index is 891. The largest absolute Gasteiger partial charge is 0.351 e.